The standard InChI is InChI=1S/C25H31N3O.C22H25N3O2/c1-6-8-22(29)14-17(3)20-11-12-24-23(15-20)25(28-19(5)27-24)26-18(4)21-10-7-9-16(2)13-21;1-13-6-5-7-18(10-13)15(3)23-22-19-12-17(14(2)11-21(26)27)8-9-20(19)24-16(4)25-22/h7,9-13,15,17-18H,6,8,14H2,1-5H3,(H,26,27,28);5-10,12,14-15H,11H2,1-4H3,(H,26,27)(H,23,24,25)/t17?,18-;14?,15-/m11/s1. The van der Waals surface area contributed by atoms with Crippen molar-refractivity contribution in [1.29, 1.82) is 0 Å². The lowest BCUT2D eigenvalue weighted by Crippen LogP contribution is -2.10. The molecule has 6 aromatic rings. The zero-order chi connectivity index (χ0) is 40.5. The van der Waals surface area contributed by atoms with Crippen molar-refractivity contribution in [2.24, 2.45) is 0 Å². The molecule has 3 N–H and O–H groups in total. The van der Waals surface area contributed by atoms with Gasteiger partial charge in [-0.1, -0.05) is 92.6 Å². The number of nitrogens with one attached hydrogen (secondary N) is 2. The Morgan fingerprint density at radius 3 is 1.45 bits per heavy atom. The largest absolute Gasteiger partial charge is 0.481 e. The lowest BCUT2D eigenvalue weighted by molar-refractivity contribution is -0.137. The Hall–Kier alpha value is -5.70. The van der Waals surface area contributed by atoms with Crippen molar-refractivity contribution in [3.8, 4) is 0 Å². The number of nitrogens with zero attached hydrogens (tertiary/aromatic N) is 4. The van der Waals surface area contributed by atoms with Gasteiger partial charge in [-0.15, -0.1) is 0 Å². The van der Waals surface area contributed by atoms with Gasteiger partial charge in [0, 0.05) is 35.7 Å². The van der Waals surface area contributed by atoms with Gasteiger partial charge in [-0.3, -0.25) is 9.59 Å². The normalized spacial score (nSPS) is 13.3. The van der Waals surface area contributed by atoms with Gasteiger partial charge in [0.05, 0.1) is 17.5 Å². The molecule has 292 valence electrons. The van der Waals surface area contributed by atoms with Crippen LogP contribution in [-0.2, 0) is 9.59 Å². The molecule has 0 aliphatic rings. The number of carbonyl (C=O) groups is 2. The summed E-state index contributed by atoms with van der Waals surface area (Å²) < 4.78 is 0. The van der Waals surface area contributed by atoms with Crippen molar-refractivity contribution < 1.29 is 14.7 Å². The number of carboxylic acid groups (broad SMARTS) is 1. The SMILES string of the molecule is CCCC(=O)CC(C)c1ccc2nc(C)nc(N[C@H](C)c3cccc(C)c3)c2c1.Cc1cccc([C@@H](C)Nc2nc(C)nc3ccc(C(C)CC(=O)O)cc23)c1. The Bertz CT molecular complexity index is 2320. The number of hydrogen-bond acceptors (Lipinski definition) is 8. The molecule has 56 heavy (non-hydrogen) atoms. The van der Waals surface area contributed by atoms with E-state index in [1.54, 1.807) is 0 Å². The van der Waals surface area contributed by atoms with Gasteiger partial charge in [-0.25, -0.2) is 19.9 Å². The molecule has 0 amide bonds. The summed E-state index contributed by atoms with van der Waals surface area (Å²) in [5.74, 6) is 2.70. The highest BCUT2D eigenvalue weighted by atomic mass is 16.4. The average Bonchev–Trinajstić information content (AvgIpc) is 3.14. The van der Waals surface area contributed by atoms with E-state index in [0.29, 0.717) is 24.4 Å². The number of aliphatic carboxylic acids is 1. The minimum absolute atomic E-state index is 0.0738. The van der Waals surface area contributed by atoms with E-state index in [1.165, 1.54) is 22.3 Å². The molecule has 9 nitrogen and oxygen atoms in total. The van der Waals surface area contributed by atoms with Gasteiger partial charge in [0.25, 0.3) is 0 Å². The number of ketones is 1. The molecule has 2 aromatic heterocycles. The number of Topliss-reactive ketones (excluding diaryl/α,β-unsaturated/α-hetero) is 1. The van der Waals surface area contributed by atoms with Gasteiger partial charge in [0.2, 0.25) is 0 Å². The summed E-state index contributed by atoms with van der Waals surface area (Å²) >= 11 is 0. The molecule has 0 aliphatic carbocycles. The van der Waals surface area contributed by atoms with Crippen molar-refractivity contribution >= 4 is 45.2 Å². The van der Waals surface area contributed by atoms with Gasteiger partial charge < -0.3 is 15.7 Å². The summed E-state index contributed by atoms with van der Waals surface area (Å²) in [5, 5.41) is 18.1. The molecular formula is C47H56N6O3. The van der Waals surface area contributed by atoms with Gasteiger partial charge >= 0.3 is 5.97 Å². The van der Waals surface area contributed by atoms with Crippen LogP contribution in [0.25, 0.3) is 21.8 Å². The third-order valence-electron chi connectivity index (χ3n) is 10.1. The molecule has 2 heterocycles. The fraction of sp³-hybridized carbons (Fsp3) is 0.362. The van der Waals surface area contributed by atoms with E-state index < -0.39 is 5.97 Å². The second kappa shape index (κ2) is 18.8. The van der Waals surface area contributed by atoms with Crippen LogP contribution >= 0.6 is 0 Å². The number of anilines is 2. The zero-order valence-corrected chi connectivity index (χ0v) is 34.3. The first-order valence-corrected chi connectivity index (χ1v) is 19.7. The highest BCUT2D eigenvalue weighted by molar-refractivity contribution is 5.91. The van der Waals surface area contributed by atoms with Crippen LogP contribution in [0, 0.1) is 27.7 Å². The van der Waals surface area contributed by atoms with Crippen molar-refractivity contribution in [3.63, 3.8) is 0 Å². The molecular weight excluding hydrogens is 697 g/mol. The molecule has 0 bridgehead atoms. The van der Waals surface area contributed by atoms with Gasteiger partial charge in [-0.2, -0.15) is 0 Å². The number of aromatic nitrogens is 4. The van der Waals surface area contributed by atoms with Crippen LogP contribution in [0.15, 0.2) is 84.9 Å². The Kier molecular flexibility index (Phi) is 13.9. The van der Waals surface area contributed by atoms with E-state index in [1.807, 2.05) is 52.0 Å². The molecule has 4 atom stereocenters. The van der Waals surface area contributed by atoms with Crippen LogP contribution in [0.3, 0.4) is 0 Å². The van der Waals surface area contributed by atoms with Crippen LogP contribution in [0.5, 0.6) is 0 Å². The van der Waals surface area contributed by atoms with Crippen molar-refractivity contribution in [1.82, 2.24) is 19.9 Å². The molecule has 9 heteroatoms. The second-order valence-corrected chi connectivity index (χ2v) is 15.2. The monoisotopic (exact) mass is 752 g/mol. The maximum absolute atomic E-state index is 12.1. The summed E-state index contributed by atoms with van der Waals surface area (Å²) in [5.41, 5.74) is 8.78. The first-order valence-electron chi connectivity index (χ1n) is 19.7. The summed E-state index contributed by atoms with van der Waals surface area (Å²) in [4.78, 5) is 41.6. The first kappa shape index (κ1) is 41.5. The number of fused-ring (bicyclic) bond motifs is 2. The average molecular weight is 753 g/mol. The molecule has 2 unspecified atom stereocenters. The molecule has 0 saturated heterocycles. The Labute approximate surface area is 331 Å². The summed E-state index contributed by atoms with van der Waals surface area (Å²) in [6.45, 7) is 18.3. The summed E-state index contributed by atoms with van der Waals surface area (Å²) in [6.07, 6.45) is 2.23. The number of carbonyl (C=O) groups excluding carboxylic acids is 1. The van der Waals surface area contributed by atoms with Crippen LogP contribution < -0.4 is 10.6 Å². The number of rotatable bonds is 14. The van der Waals surface area contributed by atoms with Gasteiger partial charge in [0.1, 0.15) is 29.1 Å². The number of hydrogen-bond donors (Lipinski definition) is 3. The molecule has 0 fully saturated rings. The maximum atomic E-state index is 12.1. The van der Waals surface area contributed by atoms with E-state index in [0.717, 1.165) is 56.8 Å². The van der Waals surface area contributed by atoms with Crippen LogP contribution in [-0.4, -0.2) is 36.8 Å². The predicted molar refractivity (Wildman–Crippen MR) is 229 cm³/mol. The zero-order valence-electron chi connectivity index (χ0n) is 34.3. The number of aryl methyl sites for hydroxylation is 4. The van der Waals surface area contributed by atoms with Crippen molar-refractivity contribution in [2.45, 2.75) is 112 Å². The Morgan fingerprint density at radius 1 is 0.589 bits per heavy atom. The smallest absolute Gasteiger partial charge is 0.303 e. The highest BCUT2D eigenvalue weighted by Gasteiger charge is 2.17. The number of benzene rings is 4. The summed E-state index contributed by atoms with van der Waals surface area (Å²) in [7, 11) is 0. The predicted octanol–water partition coefficient (Wildman–Crippen LogP) is 11.3. The molecule has 0 saturated carbocycles. The van der Waals surface area contributed by atoms with Crippen molar-refractivity contribution in [3.05, 3.63) is 130 Å². The highest BCUT2D eigenvalue weighted by Crippen LogP contribution is 2.31. The third-order valence-corrected chi connectivity index (χ3v) is 10.1. The Balaban J connectivity index is 0.000000215. The van der Waals surface area contributed by atoms with E-state index in [-0.39, 0.29) is 30.3 Å². The molecule has 6 rings (SSSR count). The molecule has 0 radical (unpaired) electrons. The first-order chi connectivity index (χ1) is 26.7. The quantitative estimate of drug-likeness (QED) is 0.0995. The molecule has 0 spiro atoms. The van der Waals surface area contributed by atoms with Crippen LogP contribution in [0.4, 0.5) is 11.6 Å². The number of carboxylic acids is 1. The fourth-order valence-electron chi connectivity index (χ4n) is 7.03. The third kappa shape index (κ3) is 11.0. The molecule has 4 aromatic carbocycles. The topological polar surface area (TPSA) is 130 Å². The summed E-state index contributed by atoms with van der Waals surface area (Å²) in [6, 6.07) is 29.3. The van der Waals surface area contributed by atoms with E-state index in [2.05, 4.69) is 121 Å². The van der Waals surface area contributed by atoms with E-state index >= 15 is 0 Å². The van der Waals surface area contributed by atoms with Crippen LogP contribution in [0.2, 0.25) is 0 Å². The van der Waals surface area contributed by atoms with E-state index in [9.17, 15) is 9.59 Å². The van der Waals surface area contributed by atoms with Gasteiger partial charge in [-0.05, 0) is 106 Å². The Morgan fingerprint density at radius 2 is 1.04 bits per heavy atom. The molecule has 0 aliphatic heterocycles. The second-order valence-electron chi connectivity index (χ2n) is 15.2. The van der Waals surface area contributed by atoms with Crippen molar-refractivity contribution in [2.75, 3.05) is 10.6 Å². The fourth-order valence-corrected chi connectivity index (χ4v) is 7.03. The lowest BCUT2D eigenvalue weighted by Gasteiger charge is -2.18. The van der Waals surface area contributed by atoms with Gasteiger partial charge in [0.15, 0.2) is 0 Å². The minimum atomic E-state index is -0.797. The van der Waals surface area contributed by atoms with Crippen LogP contribution in [0.1, 0.15) is 129 Å². The lowest BCUT2D eigenvalue weighted by atomic mass is 9.93. The minimum Gasteiger partial charge on any atom is -0.481 e. The maximum Gasteiger partial charge on any atom is 0.303 e. The van der Waals surface area contributed by atoms with E-state index in [4.69, 9.17) is 10.1 Å².